The van der Waals surface area contributed by atoms with Crippen LogP contribution in [-0.4, -0.2) is 30.1 Å². The number of carboxylic acid groups (broad SMARTS) is 1. The molecule has 8 nitrogen and oxygen atoms in total. The first kappa shape index (κ1) is 19.5. The number of carbonyl (C=O) groups excluding carboxylic acids is 1. The fourth-order valence-corrected chi connectivity index (χ4v) is 3.16. The largest absolute Gasteiger partial charge is 0.711 e. The van der Waals surface area contributed by atoms with Gasteiger partial charge in [0.05, 0.1) is 31.7 Å². The zero-order valence-corrected chi connectivity index (χ0v) is 15.4. The van der Waals surface area contributed by atoms with Gasteiger partial charge >= 0.3 is 5.97 Å². The van der Waals surface area contributed by atoms with Crippen LogP contribution in [-0.2, 0) is 22.6 Å². The first-order valence-corrected chi connectivity index (χ1v) is 9.19. The molecule has 1 atom stereocenters. The molecule has 1 aromatic heterocycles. The molecule has 3 N–H and O–H groups in total. The van der Waals surface area contributed by atoms with Crippen LogP contribution >= 0.6 is 0 Å². The summed E-state index contributed by atoms with van der Waals surface area (Å²) in [6.07, 6.45) is 2.38. The number of hydrogen-bond acceptors (Lipinski definition) is 5. The topological polar surface area (TPSA) is 115 Å². The van der Waals surface area contributed by atoms with E-state index in [1.165, 1.54) is 6.20 Å². The quantitative estimate of drug-likeness (QED) is 0.360. The van der Waals surface area contributed by atoms with Crippen LogP contribution in [0.5, 0.6) is 5.75 Å². The van der Waals surface area contributed by atoms with Crippen LogP contribution in [0.2, 0.25) is 0 Å². The number of pyridine rings is 1. The minimum absolute atomic E-state index is 0.179. The summed E-state index contributed by atoms with van der Waals surface area (Å²) >= 11 is 0. The van der Waals surface area contributed by atoms with E-state index >= 15 is 0 Å². The predicted molar refractivity (Wildman–Crippen MR) is 102 cm³/mol. The monoisotopic (exact) mass is 385 g/mol. The lowest BCUT2D eigenvalue weighted by Gasteiger charge is -2.12. The fraction of sp³-hybridized carbons (Fsp3) is 0.350. The van der Waals surface area contributed by atoms with Crippen LogP contribution in [0.15, 0.2) is 42.6 Å². The number of ether oxygens (including phenoxy) is 1. The third kappa shape index (κ3) is 5.12. The van der Waals surface area contributed by atoms with Gasteiger partial charge in [0.15, 0.2) is 0 Å². The minimum atomic E-state index is -0.977. The van der Waals surface area contributed by atoms with E-state index in [1.54, 1.807) is 18.2 Å². The Bertz CT molecular complexity index is 855. The average Bonchev–Trinajstić information content (AvgIpc) is 2.81. The van der Waals surface area contributed by atoms with Crippen LogP contribution in [0.3, 0.4) is 0 Å². The highest BCUT2D eigenvalue weighted by atomic mass is 16.5. The van der Waals surface area contributed by atoms with Gasteiger partial charge in [0.2, 0.25) is 5.91 Å². The van der Waals surface area contributed by atoms with Gasteiger partial charge in [-0.1, -0.05) is 12.1 Å². The molecule has 0 bridgehead atoms. The number of anilines is 1. The molecule has 0 fully saturated rings. The van der Waals surface area contributed by atoms with E-state index < -0.39 is 11.9 Å². The van der Waals surface area contributed by atoms with Crippen LogP contribution in [0.25, 0.3) is 0 Å². The predicted octanol–water partition coefficient (Wildman–Crippen LogP) is 1.46. The fourth-order valence-electron chi connectivity index (χ4n) is 3.16. The minimum Gasteiger partial charge on any atom is -0.711 e. The van der Waals surface area contributed by atoms with Crippen molar-refractivity contribution < 1.29 is 24.2 Å². The summed E-state index contributed by atoms with van der Waals surface area (Å²) in [6.45, 7) is 1.44. The first-order valence-electron chi connectivity index (χ1n) is 9.19. The van der Waals surface area contributed by atoms with E-state index in [2.05, 4.69) is 10.6 Å². The van der Waals surface area contributed by atoms with Gasteiger partial charge in [-0.15, -0.1) is 0 Å². The molecule has 0 saturated heterocycles. The summed E-state index contributed by atoms with van der Waals surface area (Å²) in [4.78, 5) is 23.0. The Labute approximate surface area is 162 Å². The third-order valence-electron chi connectivity index (χ3n) is 4.61. The lowest BCUT2D eigenvalue weighted by Crippen LogP contribution is -2.30. The van der Waals surface area contributed by atoms with Gasteiger partial charge in [0.1, 0.15) is 5.75 Å². The van der Waals surface area contributed by atoms with Crippen molar-refractivity contribution in [2.45, 2.75) is 25.8 Å². The van der Waals surface area contributed by atoms with E-state index in [1.807, 2.05) is 18.2 Å². The summed E-state index contributed by atoms with van der Waals surface area (Å²) in [6, 6.07) is 10.8. The van der Waals surface area contributed by atoms with Crippen molar-refractivity contribution in [3.8, 4) is 5.75 Å². The maximum absolute atomic E-state index is 12.1. The SMILES string of the molecule is O=C(O)CC1Cc2ccc(OCCCNc3cccc[n+]3[O-])cc2CNC1=O. The number of carboxylic acids is 1. The number of nitrogens with zero attached hydrogens (tertiary/aromatic N) is 1. The number of hydrogen-bond donors (Lipinski definition) is 3. The molecule has 0 aliphatic carbocycles. The summed E-state index contributed by atoms with van der Waals surface area (Å²) in [5, 5.41) is 26.3. The van der Waals surface area contributed by atoms with Gasteiger partial charge in [-0.3, -0.25) is 14.9 Å². The first-order chi connectivity index (χ1) is 13.5. The number of nitrogens with one attached hydrogen (secondary N) is 2. The summed E-state index contributed by atoms with van der Waals surface area (Å²) in [5.74, 6) is -0.570. The van der Waals surface area contributed by atoms with E-state index in [9.17, 15) is 14.8 Å². The molecule has 1 aromatic carbocycles. The standard InChI is InChI=1S/C20H23N3O5/c24-19(25)12-15-10-14-5-6-17(11-16(14)13-22-20(15)26)28-9-3-7-21-18-4-1-2-8-23(18)27/h1-2,4-6,8,11,15,21H,3,7,9-10,12-13H2,(H,22,26)(H,24,25). The maximum Gasteiger partial charge on any atom is 0.304 e. The second kappa shape index (κ2) is 9.07. The smallest absolute Gasteiger partial charge is 0.304 e. The lowest BCUT2D eigenvalue weighted by atomic mass is 9.94. The number of rotatable bonds is 8. The maximum atomic E-state index is 12.1. The Morgan fingerprint density at radius 1 is 1.32 bits per heavy atom. The summed E-state index contributed by atoms with van der Waals surface area (Å²) in [5.41, 5.74) is 1.90. The summed E-state index contributed by atoms with van der Waals surface area (Å²) < 4.78 is 6.54. The molecule has 8 heteroatoms. The van der Waals surface area contributed by atoms with E-state index in [4.69, 9.17) is 9.84 Å². The number of fused-ring (bicyclic) bond motifs is 1. The Hall–Kier alpha value is -3.29. The van der Waals surface area contributed by atoms with Crippen LogP contribution in [0, 0.1) is 11.1 Å². The van der Waals surface area contributed by atoms with Crippen molar-refractivity contribution in [2.75, 3.05) is 18.5 Å². The highest BCUT2D eigenvalue weighted by Gasteiger charge is 2.26. The molecule has 1 aliphatic heterocycles. The number of carbonyl (C=O) groups is 2. The molecule has 28 heavy (non-hydrogen) atoms. The third-order valence-corrected chi connectivity index (χ3v) is 4.61. The average molecular weight is 385 g/mol. The van der Waals surface area contributed by atoms with Gasteiger partial charge in [-0.2, -0.15) is 0 Å². The van der Waals surface area contributed by atoms with E-state index in [-0.39, 0.29) is 12.3 Å². The van der Waals surface area contributed by atoms with Gasteiger partial charge in [-0.25, -0.2) is 4.73 Å². The van der Waals surface area contributed by atoms with Gasteiger partial charge in [-0.05, 0) is 35.7 Å². The molecule has 1 unspecified atom stereocenters. The highest BCUT2D eigenvalue weighted by molar-refractivity contribution is 5.84. The van der Waals surface area contributed by atoms with Crippen molar-refractivity contribution in [2.24, 2.45) is 5.92 Å². The molecular formula is C20H23N3O5. The molecule has 2 aromatic rings. The normalized spacial score (nSPS) is 15.9. The second-order valence-electron chi connectivity index (χ2n) is 6.69. The van der Waals surface area contributed by atoms with Crippen LogP contribution < -0.4 is 20.1 Å². The van der Waals surface area contributed by atoms with Crippen molar-refractivity contribution in [3.05, 3.63) is 58.9 Å². The summed E-state index contributed by atoms with van der Waals surface area (Å²) in [7, 11) is 0. The molecule has 0 saturated carbocycles. The van der Waals surface area contributed by atoms with E-state index in [0.29, 0.717) is 44.1 Å². The van der Waals surface area contributed by atoms with Gasteiger partial charge in [0, 0.05) is 19.0 Å². The van der Waals surface area contributed by atoms with Crippen LogP contribution in [0.4, 0.5) is 5.82 Å². The highest BCUT2D eigenvalue weighted by Crippen LogP contribution is 2.24. The molecular weight excluding hydrogens is 362 g/mol. The number of aromatic nitrogens is 1. The zero-order chi connectivity index (χ0) is 19.9. The second-order valence-corrected chi connectivity index (χ2v) is 6.69. The zero-order valence-electron chi connectivity index (χ0n) is 15.4. The molecule has 148 valence electrons. The van der Waals surface area contributed by atoms with Crippen molar-refractivity contribution in [1.82, 2.24) is 5.32 Å². The number of amides is 1. The lowest BCUT2D eigenvalue weighted by molar-refractivity contribution is -0.590. The van der Waals surface area contributed by atoms with Crippen molar-refractivity contribution >= 4 is 17.7 Å². The Balaban J connectivity index is 1.51. The number of benzene rings is 1. The van der Waals surface area contributed by atoms with E-state index in [0.717, 1.165) is 15.9 Å². The number of aliphatic carboxylic acids is 1. The van der Waals surface area contributed by atoms with Crippen LogP contribution in [0.1, 0.15) is 24.0 Å². The van der Waals surface area contributed by atoms with Crippen molar-refractivity contribution in [3.63, 3.8) is 0 Å². The van der Waals surface area contributed by atoms with Gasteiger partial charge < -0.3 is 20.4 Å². The molecule has 0 radical (unpaired) electrons. The molecule has 1 amide bonds. The Morgan fingerprint density at radius 2 is 2.18 bits per heavy atom. The molecule has 0 spiro atoms. The molecule has 2 heterocycles. The van der Waals surface area contributed by atoms with Crippen molar-refractivity contribution in [1.29, 1.82) is 0 Å². The Kier molecular flexibility index (Phi) is 6.31. The molecule has 3 rings (SSSR count). The van der Waals surface area contributed by atoms with Gasteiger partial charge in [0.25, 0.3) is 5.82 Å². The Morgan fingerprint density at radius 3 is 2.96 bits per heavy atom. The molecule has 1 aliphatic rings.